The molecule has 1 amide bonds. The van der Waals surface area contributed by atoms with Gasteiger partial charge in [-0.05, 0) is 61.4 Å². The van der Waals surface area contributed by atoms with Crippen molar-refractivity contribution in [3.8, 4) is 11.1 Å². The molecular formula is C26H24F3N6O3P. The summed E-state index contributed by atoms with van der Waals surface area (Å²) in [5.74, 6) is -1.10. The third-order valence-corrected chi connectivity index (χ3v) is 7.05. The Labute approximate surface area is 222 Å². The van der Waals surface area contributed by atoms with Gasteiger partial charge >= 0.3 is 6.18 Å². The number of halogens is 3. The molecular weight excluding hydrogens is 532 g/mol. The number of nitrogens with one attached hydrogen (secondary N) is 3. The second kappa shape index (κ2) is 11.2. The highest BCUT2D eigenvalue weighted by atomic mass is 31.2. The SMILES string of the molecule is CONC(=O)c1ccc(Nc2ncc(C(F)(F)F)c(Nc3ccc(-c4cccnc4)cc3P(C)(C)=O)n2)cc1. The fraction of sp³-hybridized carbons (Fsp3) is 0.154. The van der Waals surface area contributed by atoms with Gasteiger partial charge in [-0.25, -0.2) is 10.5 Å². The van der Waals surface area contributed by atoms with Gasteiger partial charge in [-0.3, -0.25) is 14.6 Å². The molecule has 0 atom stereocenters. The summed E-state index contributed by atoms with van der Waals surface area (Å²) in [4.78, 5) is 28.4. The van der Waals surface area contributed by atoms with Crippen LogP contribution < -0.4 is 21.4 Å². The standard InChI is InChI=1S/C26H24F3N6O3P/c1-38-35-24(36)16-6-9-19(10-7-16)32-25-31-15-20(26(27,28)29)23(34-25)33-21-11-8-17(13-22(21)39(2,3)37)18-5-4-12-30-14-18/h4-15H,1-3H3,(H,35,36)(H2,31,32,33,34). The molecule has 202 valence electrons. The minimum absolute atomic E-state index is 0.121. The van der Waals surface area contributed by atoms with Crippen LogP contribution in [0.4, 0.5) is 36.3 Å². The van der Waals surface area contributed by atoms with Crippen LogP contribution in [0, 0.1) is 0 Å². The van der Waals surface area contributed by atoms with Crippen LogP contribution in [0.25, 0.3) is 11.1 Å². The van der Waals surface area contributed by atoms with Crippen LogP contribution in [0.1, 0.15) is 15.9 Å². The van der Waals surface area contributed by atoms with E-state index in [-0.39, 0.29) is 11.6 Å². The fourth-order valence-electron chi connectivity index (χ4n) is 3.65. The van der Waals surface area contributed by atoms with Crippen molar-refractivity contribution < 1.29 is 27.4 Å². The average Bonchev–Trinajstić information content (AvgIpc) is 2.89. The van der Waals surface area contributed by atoms with Crippen LogP contribution in [-0.4, -0.2) is 41.3 Å². The third-order valence-electron chi connectivity index (χ3n) is 5.52. The molecule has 2 heterocycles. The molecule has 0 saturated carbocycles. The van der Waals surface area contributed by atoms with E-state index in [9.17, 15) is 22.5 Å². The van der Waals surface area contributed by atoms with Gasteiger partial charge in [0.15, 0.2) is 0 Å². The highest BCUT2D eigenvalue weighted by Gasteiger charge is 2.36. The Bertz CT molecular complexity index is 1530. The summed E-state index contributed by atoms with van der Waals surface area (Å²) in [5, 5.41) is 5.92. The number of hydrogen-bond donors (Lipinski definition) is 3. The maximum Gasteiger partial charge on any atom is 0.421 e. The van der Waals surface area contributed by atoms with Crippen LogP contribution in [0.2, 0.25) is 0 Å². The lowest BCUT2D eigenvalue weighted by Crippen LogP contribution is -2.21. The number of anilines is 4. The maximum atomic E-state index is 13.9. The maximum absolute atomic E-state index is 13.9. The fourth-order valence-corrected chi connectivity index (χ4v) is 4.81. The first-order chi connectivity index (χ1) is 18.5. The normalized spacial score (nSPS) is 11.6. The van der Waals surface area contributed by atoms with Gasteiger partial charge in [-0.15, -0.1) is 0 Å². The van der Waals surface area contributed by atoms with Gasteiger partial charge in [0.1, 0.15) is 18.5 Å². The molecule has 0 spiro atoms. The van der Waals surface area contributed by atoms with Crippen molar-refractivity contribution in [1.29, 1.82) is 0 Å². The molecule has 2 aromatic heterocycles. The van der Waals surface area contributed by atoms with Crippen molar-refractivity contribution in [1.82, 2.24) is 20.4 Å². The molecule has 0 radical (unpaired) electrons. The molecule has 0 bridgehead atoms. The first-order valence-corrected chi connectivity index (χ1v) is 14.1. The summed E-state index contributed by atoms with van der Waals surface area (Å²) < 4.78 is 54.7. The van der Waals surface area contributed by atoms with E-state index in [1.165, 1.54) is 32.6 Å². The van der Waals surface area contributed by atoms with Crippen molar-refractivity contribution in [2.45, 2.75) is 6.18 Å². The molecule has 0 aliphatic carbocycles. The molecule has 0 saturated heterocycles. The van der Waals surface area contributed by atoms with E-state index < -0.39 is 30.6 Å². The molecule has 0 unspecified atom stereocenters. The van der Waals surface area contributed by atoms with Crippen molar-refractivity contribution in [3.63, 3.8) is 0 Å². The van der Waals surface area contributed by atoms with Crippen LogP contribution in [0.5, 0.6) is 0 Å². The van der Waals surface area contributed by atoms with Gasteiger partial charge in [0.05, 0.1) is 12.8 Å². The molecule has 0 fully saturated rings. The number of aromatic nitrogens is 3. The lowest BCUT2D eigenvalue weighted by atomic mass is 10.1. The van der Waals surface area contributed by atoms with Gasteiger partial charge in [-0.2, -0.15) is 18.2 Å². The number of carbonyl (C=O) groups excluding carboxylic acids is 1. The number of hydroxylamine groups is 1. The van der Waals surface area contributed by atoms with E-state index in [0.29, 0.717) is 22.8 Å². The minimum atomic E-state index is -4.75. The van der Waals surface area contributed by atoms with Crippen molar-refractivity contribution in [2.75, 3.05) is 31.1 Å². The Morgan fingerprint density at radius 2 is 1.72 bits per heavy atom. The van der Waals surface area contributed by atoms with Gasteiger partial charge in [0.25, 0.3) is 5.91 Å². The van der Waals surface area contributed by atoms with E-state index >= 15 is 0 Å². The number of carbonyl (C=O) groups is 1. The number of amides is 1. The zero-order chi connectivity index (χ0) is 28.2. The largest absolute Gasteiger partial charge is 0.421 e. The summed E-state index contributed by atoms with van der Waals surface area (Å²) >= 11 is 0. The van der Waals surface area contributed by atoms with Crippen LogP contribution in [0.15, 0.2) is 73.2 Å². The summed E-state index contributed by atoms with van der Waals surface area (Å²) in [6, 6.07) is 14.6. The summed E-state index contributed by atoms with van der Waals surface area (Å²) in [6.07, 6.45) is -0.825. The summed E-state index contributed by atoms with van der Waals surface area (Å²) in [5.41, 5.74) is 3.55. The third kappa shape index (κ3) is 6.78. The van der Waals surface area contributed by atoms with Crippen LogP contribution in [-0.2, 0) is 15.6 Å². The Balaban J connectivity index is 1.69. The molecule has 4 aromatic rings. The Morgan fingerprint density at radius 3 is 2.33 bits per heavy atom. The second-order valence-corrected chi connectivity index (χ2v) is 11.9. The lowest BCUT2D eigenvalue weighted by Gasteiger charge is -2.19. The van der Waals surface area contributed by atoms with Crippen molar-refractivity contribution >= 4 is 41.5 Å². The van der Waals surface area contributed by atoms with Gasteiger partial charge < -0.3 is 15.2 Å². The topological polar surface area (TPSA) is 118 Å². The van der Waals surface area contributed by atoms with Crippen LogP contribution >= 0.6 is 7.14 Å². The molecule has 2 aromatic carbocycles. The van der Waals surface area contributed by atoms with Gasteiger partial charge in [0.2, 0.25) is 5.95 Å². The zero-order valence-corrected chi connectivity index (χ0v) is 22.0. The highest BCUT2D eigenvalue weighted by Crippen LogP contribution is 2.41. The Morgan fingerprint density at radius 1 is 0.974 bits per heavy atom. The Kier molecular flexibility index (Phi) is 7.98. The molecule has 0 aliphatic rings. The molecule has 0 aliphatic heterocycles. The molecule has 3 N–H and O–H groups in total. The van der Waals surface area contributed by atoms with E-state index in [1.54, 1.807) is 48.8 Å². The highest BCUT2D eigenvalue weighted by molar-refractivity contribution is 7.70. The zero-order valence-electron chi connectivity index (χ0n) is 21.1. The number of pyridine rings is 1. The predicted molar refractivity (Wildman–Crippen MR) is 143 cm³/mol. The number of hydrogen-bond acceptors (Lipinski definition) is 8. The molecule has 39 heavy (non-hydrogen) atoms. The van der Waals surface area contributed by atoms with Crippen LogP contribution in [0.3, 0.4) is 0 Å². The monoisotopic (exact) mass is 556 g/mol. The number of alkyl halides is 3. The number of benzene rings is 2. The van der Waals surface area contributed by atoms with E-state index in [0.717, 1.165) is 11.1 Å². The van der Waals surface area contributed by atoms with E-state index in [1.807, 2.05) is 6.07 Å². The summed E-state index contributed by atoms with van der Waals surface area (Å²) in [7, 11) is -1.64. The van der Waals surface area contributed by atoms with Gasteiger partial charge in [0, 0.05) is 40.7 Å². The van der Waals surface area contributed by atoms with Crippen molar-refractivity contribution in [2.24, 2.45) is 0 Å². The second-order valence-electron chi connectivity index (χ2n) is 8.74. The molecule has 9 nitrogen and oxygen atoms in total. The van der Waals surface area contributed by atoms with E-state index in [4.69, 9.17) is 0 Å². The van der Waals surface area contributed by atoms with Gasteiger partial charge in [-0.1, -0.05) is 12.1 Å². The first kappa shape index (κ1) is 27.7. The van der Waals surface area contributed by atoms with E-state index in [2.05, 4.69) is 35.9 Å². The number of nitrogens with zero attached hydrogens (tertiary/aromatic N) is 3. The smallest absolute Gasteiger partial charge is 0.339 e. The molecule has 4 rings (SSSR count). The first-order valence-electron chi connectivity index (χ1n) is 11.5. The molecule has 13 heteroatoms. The number of rotatable bonds is 8. The summed E-state index contributed by atoms with van der Waals surface area (Å²) in [6.45, 7) is 3.07. The predicted octanol–water partition coefficient (Wildman–Crippen LogP) is 5.58. The lowest BCUT2D eigenvalue weighted by molar-refractivity contribution is -0.137. The quantitative estimate of drug-likeness (QED) is 0.190. The minimum Gasteiger partial charge on any atom is -0.339 e. The average molecular weight is 556 g/mol. The Hall–Kier alpha value is -4.28. The van der Waals surface area contributed by atoms with Crippen molar-refractivity contribution in [3.05, 3.63) is 84.3 Å².